The molecule has 0 spiro atoms. The number of nitrogens with zero attached hydrogens (tertiary/aromatic N) is 2. The maximum absolute atomic E-state index is 12.6. The molecule has 0 aromatic carbocycles. The van der Waals surface area contributed by atoms with Gasteiger partial charge in [0.1, 0.15) is 0 Å². The first-order valence-corrected chi connectivity index (χ1v) is 8.08. The van der Waals surface area contributed by atoms with Crippen LogP contribution in [0.5, 0.6) is 0 Å². The summed E-state index contributed by atoms with van der Waals surface area (Å²) in [7, 11) is 3.17. The largest absolute Gasteiger partial charge is 0.481 e. The Balaban J connectivity index is 2.69. The average Bonchev–Trinajstić information content (AvgIpc) is 2.47. The van der Waals surface area contributed by atoms with Gasteiger partial charge in [-0.25, -0.2) is 4.79 Å². The minimum absolute atomic E-state index is 0.0128. The molecule has 122 valence electrons. The van der Waals surface area contributed by atoms with Gasteiger partial charge in [-0.3, -0.25) is 4.79 Å². The predicted octanol–water partition coefficient (Wildman–Crippen LogP) is 0.593. The van der Waals surface area contributed by atoms with Crippen LogP contribution in [0, 0.1) is 0 Å². The van der Waals surface area contributed by atoms with Gasteiger partial charge in [0.15, 0.2) is 0 Å². The molecule has 0 aromatic heterocycles. The van der Waals surface area contributed by atoms with Gasteiger partial charge in [-0.15, -0.1) is 0 Å². The van der Waals surface area contributed by atoms with Crippen LogP contribution in [-0.4, -0.2) is 91.5 Å². The van der Waals surface area contributed by atoms with Crippen molar-refractivity contribution in [2.75, 3.05) is 58.6 Å². The molecule has 1 rings (SSSR count). The molecule has 8 heteroatoms. The van der Waals surface area contributed by atoms with E-state index >= 15 is 0 Å². The van der Waals surface area contributed by atoms with E-state index in [1.54, 1.807) is 35.8 Å². The van der Waals surface area contributed by atoms with Crippen molar-refractivity contribution in [2.45, 2.75) is 12.5 Å². The number of aliphatic carboxylic acids is 1. The van der Waals surface area contributed by atoms with Crippen LogP contribution in [-0.2, 0) is 14.3 Å². The average molecular weight is 320 g/mol. The van der Waals surface area contributed by atoms with Crippen LogP contribution in [0.15, 0.2) is 0 Å². The van der Waals surface area contributed by atoms with Crippen molar-refractivity contribution in [3.63, 3.8) is 0 Å². The molecule has 0 radical (unpaired) electrons. The van der Waals surface area contributed by atoms with Crippen molar-refractivity contribution < 1.29 is 24.2 Å². The van der Waals surface area contributed by atoms with Crippen molar-refractivity contribution in [3.05, 3.63) is 0 Å². The summed E-state index contributed by atoms with van der Waals surface area (Å²) in [6.45, 7) is 2.42. The smallest absolute Gasteiger partial charge is 0.320 e. The summed E-state index contributed by atoms with van der Waals surface area (Å²) in [4.78, 5) is 26.9. The lowest BCUT2D eigenvalue weighted by atomic mass is 10.2. The number of thioether (sulfide) groups is 1. The third-order valence-corrected chi connectivity index (χ3v) is 4.38. The Morgan fingerprint density at radius 3 is 2.43 bits per heavy atom. The molecular weight excluding hydrogens is 296 g/mol. The first kappa shape index (κ1) is 18.1. The molecule has 0 aliphatic carbocycles. The number of rotatable bonds is 8. The number of hydrogen-bond acceptors (Lipinski definition) is 5. The summed E-state index contributed by atoms with van der Waals surface area (Å²) >= 11 is 1.69. The second kappa shape index (κ2) is 9.86. The normalized spacial score (nSPS) is 18.6. The Morgan fingerprint density at radius 1 is 1.29 bits per heavy atom. The quantitative estimate of drug-likeness (QED) is 0.705. The van der Waals surface area contributed by atoms with E-state index in [9.17, 15) is 9.59 Å². The zero-order valence-corrected chi connectivity index (χ0v) is 13.4. The van der Waals surface area contributed by atoms with Gasteiger partial charge in [0.05, 0.1) is 25.7 Å². The van der Waals surface area contributed by atoms with Gasteiger partial charge < -0.3 is 24.4 Å². The SMILES string of the molecule is COCCN(CCOC)C(=O)N1CCSCC1CC(=O)O. The molecule has 1 aliphatic heterocycles. The van der Waals surface area contributed by atoms with Crippen LogP contribution in [0.3, 0.4) is 0 Å². The van der Waals surface area contributed by atoms with Gasteiger partial charge >= 0.3 is 12.0 Å². The molecule has 1 atom stereocenters. The Labute approximate surface area is 129 Å². The fourth-order valence-electron chi connectivity index (χ4n) is 2.17. The van der Waals surface area contributed by atoms with Crippen LogP contribution in [0.1, 0.15) is 6.42 Å². The highest BCUT2D eigenvalue weighted by Gasteiger charge is 2.31. The minimum atomic E-state index is -0.874. The third-order valence-electron chi connectivity index (χ3n) is 3.28. The number of carbonyl (C=O) groups is 2. The topological polar surface area (TPSA) is 79.3 Å². The number of carbonyl (C=O) groups excluding carboxylic acids is 1. The number of methoxy groups -OCH3 is 2. The standard InChI is InChI=1S/C13H24N2O5S/c1-19-6-3-14(4-7-20-2)13(18)15-5-8-21-10-11(15)9-12(16)17/h11H,3-10H2,1-2H3,(H,16,17). The van der Waals surface area contributed by atoms with Gasteiger partial charge in [-0.1, -0.05) is 0 Å². The van der Waals surface area contributed by atoms with Crippen molar-refractivity contribution in [1.82, 2.24) is 9.80 Å². The second-order valence-corrected chi connectivity index (χ2v) is 5.93. The maximum Gasteiger partial charge on any atom is 0.320 e. The van der Waals surface area contributed by atoms with E-state index in [0.29, 0.717) is 38.6 Å². The molecule has 2 amide bonds. The number of urea groups is 1. The summed E-state index contributed by atoms with van der Waals surface area (Å²) in [5.74, 6) is 0.630. The van der Waals surface area contributed by atoms with E-state index in [1.165, 1.54) is 0 Å². The van der Waals surface area contributed by atoms with E-state index in [-0.39, 0.29) is 18.5 Å². The maximum atomic E-state index is 12.6. The first-order chi connectivity index (χ1) is 10.1. The zero-order valence-electron chi connectivity index (χ0n) is 12.6. The van der Waals surface area contributed by atoms with E-state index in [0.717, 1.165) is 5.75 Å². The monoisotopic (exact) mass is 320 g/mol. The third kappa shape index (κ3) is 6.11. The highest BCUT2D eigenvalue weighted by Crippen LogP contribution is 2.20. The van der Waals surface area contributed by atoms with Crippen LogP contribution in [0.25, 0.3) is 0 Å². The molecule has 1 saturated heterocycles. The van der Waals surface area contributed by atoms with Gasteiger partial charge in [0.25, 0.3) is 0 Å². The van der Waals surface area contributed by atoms with Crippen molar-refractivity contribution in [1.29, 1.82) is 0 Å². The van der Waals surface area contributed by atoms with E-state index < -0.39 is 5.97 Å². The minimum Gasteiger partial charge on any atom is -0.481 e. The predicted molar refractivity (Wildman–Crippen MR) is 80.8 cm³/mol. The molecule has 1 heterocycles. The molecule has 1 aliphatic rings. The number of ether oxygens (including phenoxy) is 2. The van der Waals surface area contributed by atoms with Gasteiger partial charge in [0.2, 0.25) is 0 Å². The molecule has 1 N–H and O–H groups in total. The Morgan fingerprint density at radius 2 is 1.90 bits per heavy atom. The van der Waals surface area contributed by atoms with Gasteiger partial charge in [-0.2, -0.15) is 11.8 Å². The molecule has 0 bridgehead atoms. The Bertz CT molecular complexity index is 335. The van der Waals surface area contributed by atoms with Crippen LogP contribution >= 0.6 is 11.8 Å². The molecule has 1 fully saturated rings. The molecule has 0 saturated carbocycles. The van der Waals surface area contributed by atoms with Gasteiger partial charge in [0, 0.05) is 45.4 Å². The molecule has 21 heavy (non-hydrogen) atoms. The van der Waals surface area contributed by atoms with E-state index in [1.807, 2.05) is 0 Å². The van der Waals surface area contributed by atoms with E-state index in [2.05, 4.69) is 0 Å². The molecular formula is C13H24N2O5S. The van der Waals surface area contributed by atoms with Gasteiger partial charge in [-0.05, 0) is 0 Å². The van der Waals surface area contributed by atoms with Crippen LogP contribution in [0.2, 0.25) is 0 Å². The Kier molecular flexibility index (Phi) is 8.48. The van der Waals surface area contributed by atoms with Crippen LogP contribution in [0.4, 0.5) is 4.79 Å². The summed E-state index contributed by atoms with van der Waals surface area (Å²) in [6, 6.07) is -0.378. The summed E-state index contributed by atoms with van der Waals surface area (Å²) in [6.07, 6.45) is -0.0128. The van der Waals surface area contributed by atoms with Crippen LogP contribution < -0.4 is 0 Å². The summed E-state index contributed by atoms with van der Waals surface area (Å²) in [5.41, 5.74) is 0. The van der Waals surface area contributed by atoms with Crippen molar-refractivity contribution >= 4 is 23.8 Å². The number of amides is 2. The second-order valence-electron chi connectivity index (χ2n) is 4.78. The summed E-state index contributed by atoms with van der Waals surface area (Å²) in [5, 5.41) is 8.99. The fraction of sp³-hybridized carbons (Fsp3) is 0.846. The highest BCUT2D eigenvalue weighted by atomic mass is 32.2. The van der Waals surface area contributed by atoms with E-state index in [4.69, 9.17) is 14.6 Å². The zero-order chi connectivity index (χ0) is 15.7. The fourth-order valence-corrected chi connectivity index (χ4v) is 3.23. The molecule has 7 nitrogen and oxygen atoms in total. The Hall–Kier alpha value is -0.990. The summed E-state index contributed by atoms with van der Waals surface area (Å²) < 4.78 is 10.1. The number of carboxylic acids is 1. The van der Waals surface area contributed by atoms with Crippen molar-refractivity contribution in [3.8, 4) is 0 Å². The molecule has 1 unspecified atom stereocenters. The number of hydrogen-bond donors (Lipinski definition) is 1. The molecule has 0 aromatic rings. The lowest BCUT2D eigenvalue weighted by Crippen LogP contribution is -2.53. The number of carboxylic acid groups (broad SMARTS) is 1. The lowest BCUT2D eigenvalue weighted by molar-refractivity contribution is -0.138. The first-order valence-electron chi connectivity index (χ1n) is 6.93. The highest BCUT2D eigenvalue weighted by molar-refractivity contribution is 7.99. The lowest BCUT2D eigenvalue weighted by Gasteiger charge is -2.38. The van der Waals surface area contributed by atoms with Crippen molar-refractivity contribution in [2.24, 2.45) is 0 Å².